The fraction of sp³-hybridized carbons (Fsp3) is 0.417. The zero-order valence-corrected chi connectivity index (χ0v) is 10.3. The molecule has 0 saturated carbocycles. The molecular formula is C12H15FN2S. The van der Waals surface area contributed by atoms with Gasteiger partial charge in [0.05, 0.1) is 5.56 Å². The first-order chi connectivity index (χ1) is 7.69. The van der Waals surface area contributed by atoms with Crippen LogP contribution in [-0.2, 0) is 6.54 Å². The molecule has 0 radical (unpaired) electrons. The lowest BCUT2D eigenvalue weighted by molar-refractivity contribution is 0.555. The van der Waals surface area contributed by atoms with E-state index in [0.29, 0.717) is 18.2 Å². The number of benzene rings is 1. The van der Waals surface area contributed by atoms with Gasteiger partial charge in [-0.3, -0.25) is 0 Å². The minimum Gasteiger partial charge on any atom is -0.309 e. The molecule has 1 atom stereocenters. The number of nitrogens with one attached hydrogen (secondary N) is 1. The monoisotopic (exact) mass is 238 g/mol. The van der Waals surface area contributed by atoms with Gasteiger partial charge >= 0.3 is 0 Å². The van der Waals surface area contributed by atoms with E-state index in [-0.39, 0.29) is 5.56 Å². The van der Waals surface area contributed by atoms with E-state index in [1.165, 1.54) is 6.07 Å². The first-order valence-corrected chi connectivity index (χ1v) is 6.48. The van der Waals surface area contributed by atoms with Crippen molar-refractivity contribution in [2.45, 2.75) is 19.5 Å². The molecule has 1 unspecified atom stereocenters. The van der Waals surface area contributed by atoms with Crippen LogP contribution in [0.3, 0.4) is 0 Å². The van der Waals surface area contributed by atoms with E-state index in [9.17, 15) is 4.39 Å². The zero-order chi connectivity index (χ0) is 12.0. The van der Waals surface area contributed by atoms with Crippen molar-refractivity contribution >= 4 is 11.8 Å². The van der Waals surface area contributed by atoms with Crippen LogP contribution in [0.25, 0.3) is 0 Å². The summed E-state index contributed by atoms with van der Waals surface area (Å²) >= 11 is 1.75. The van der Waals surface area contributed by atoms with Crippen LogP contribution in [0.15, 0.2) is 18.2 Å². The lowest BCUT2D eigenvalue weighted by Crippen LogP contribution is -2.28. The summed E-state index contributed by atoms with van der Waals surface area (Å²) in [7, 11) is 0. The molecule has 0 heterocycles. The molecule has 0 saturated heterocycles. The van der Waals surface area contributed by atoms with Crippen LogP contribution in [0.2, 0.25) is 0 Å². The molecule has 0 aliphatic heterocycles. The van der Waals surface area contributed by atoms with Gasteiger partial charge < -0.3 is 5.32 Å². The lowest BCUT2D eigenvalue weighted by atomic mass is 10.1. The van der Waals surface area contributed by atoms with Crippen LogP contribution in [0.4, 0.5) is 4.39 Å². The van der Waals surface area contributed by atoms with Gasteiger partial charge in [-0.25, -0.2) is 4.39 Å². The molecule has 2 nitrogen and oxygen atoms in total. The van der Waals surface area contributed by atoms with Gasteiger partial charge in [0.2, 0.25) is 0 Å². The second-order valence-electron chi connectivity index (χ2n) is 3.63. The van der Waals surface area contributed by atoms with Crippen LogP contribution in [0, 0.1) is 17.1 Å². The third kappa shape index (κ3) is 3.51. The average molecular weight is 238 g/mol. The number of hydrogen-bond acceptors (Lipinski definition) is 3. The molecule has 0 aliphatic carbocycles. The second-order valence-corrected chi connectivity index (χ2v) is 4.54. The van der Waals surface area contributed by atoms with Gasteiger partial charge in [0.1, 0.15) is 11.9 Å². The summed E-state index contributed by atoms with van der Waals surface area (Å²) < 4.78 is 13.6. The first-order valence-electron chi connectivity index (χ1n) is 5.08. The first kappa shape index (κ1) is 13.0. The maximum absolute atomic E-state index is 13.6. The largest absolute Gasteiger partial charge is 0.309 e. The van der Waals surface area contributed by atoms with Crippen LogP contribution in [0.5, 0.6) is 0 Å². The number of rotatable bonds is 5. The SMILES string of the molecule is CSCC(C)NCc1cccc(C#N)c1F. The highest BCUT2D eigenvalue weighted by Crippen LogP contribution is 2.12. The van der Waals surface area contributed by atoms with Crippen molar-refractivity contribution in [3.8, 4) is 6.07 Å². The molecule has 0 bridgehead atoms. The average Bonchev–Trinajstić information content (AvgIpc) is 2.28. The van der Waals surface area contributed by atoms with Crippen LogP contribution in [0.1, 0.15) is 18.1 Å². The molecule has 0 amide bonds. The summed E-state index contributed by atoms with van der Waals surface area (Å²) in [6.07, 6.45) is 2.04. The van der Waals surface area contributed by atoms with Gasteiger partial charge in [-0.1, -0.05) is 12.1 Å². The predicted molar refractivity (Wildman–Crippen MR) is 65.8 cm³/mol. The fourth-order valence-corrected chi connectivity index (χ4v) is 2.01. The number of hydrogen-bond donors (Lipinski definition) is 1. The van der Waals surface area contributed by atoms with Crippen molar-refractivity contribution in [1.29, 1.82) is 5.26 Å². The highest BCUT2D eigenvalue weighted by Gasteiger charge is 2.08. The van der Waals surface area contributed by atoms with Crippen LogP contribution >= 0.6 is 11.8 Å². The number of thioether (sulfide) groups is 1. The Morgan fingerprint density at radius 2 is 2.31 bits per heavy atom. The van der Waals surface area contributed by atoms with E-state index in [0.717, 1.165) is 5.75 Å². The van der Waals surface area contributed by atoms with Gasteiger partial charge in [-0.2, -0.15) is 17.0 Å². The number of halogens is 1. The molecule has 0 spiro atoms. The van der Waals surface area contributed by atoms with E-state index in [2.05, 4.69) is 12.2 Å². The highest BCUT2D eigenvalue weighted by atomic mass is 32.2. The Kier molecular flexibility index (Phi) is 5.30. The van der Waals surface area contributed by atoms with Gasteiger partial charge in [-0.05, 0) is 19.2 Å². The normalized spacial score (nSPS) is 12.1. The summed E-state index contributed by atoms with van der Waals surface area (Å²) in [5.74, 6) is 0.577. The minimum absolute atomic E-state index is 0.108. The fourth-order valence-electron chi connectivity index (χ4n) is 1.40. The molecule has 1 rings (SSSR count). The summed E-state index contributed by atoms with van der Waals surface area (Å²) in [5, 5.41) is 11.9. The van der Waals surface area contributed by atoms with E-state index in [1.54, 1.807) is 23.9 Å². The second kappa shape index (κ2) is 6.51. The van der Waals surface area contributed by atoms with Crippen molar-refractivity contribution in [1.82, 2.24) is 5.32 Å². The molecule has 16 heavy (non-hydrogen) atoms. The number of nitriles is 1. The summed E-state index contributed by atoms with van der Waals surface area (Å²) in [5.41, 5.74) is 0.656. The molecule has 0 aliphatic rings. The third-order valence-electron chi connectivity index (χ3n) is 2.26. The Balaban J connectivity index is 2.64. The molecule has 1 aromatic carbocycles. The predicted octanol–water partition coefficient (Wildman–Crippen LogP) is 2.54. The lowest BCUT2D eigenvalue weighted by Gasteiger charge is -2.12. The van der Waals surface area contributed by atoms with E-state index < -0.39 is 5.82 Å². The maximum Gasteiger partial charge on any atom is 0.145 e. The minimum atomic E-state index is -0.408. The highest BCUT2D eigenvalue weighted by molar-refractivity contribution is 7.98. The molecule has 0 aromatic heterocycles. The molecular weight excluding hydrogens is 223 g/mol. The molecule has 0 fully saturated rings. The maximum atomic E-state index is 13.6. The van der Waals surface area contributed by atoms with Crippen molar-refractivity contribution < 1.29 is 4.39 Å². The Labute approximate surface area is 99.9 Å². The number of nitrogens with zero attached hydrogens (tertiary/aromatic N) is 1. The summed E-state index contributed by atoms with van der Waals surface area (Å²) in [6, 6.07) is 7.07. The molecule has 4 heteroatoms. The van der Waals surface area contributed by atoms with E-state index in [4.69, 9.17) is 5.26 Å². The van der Waals surface area contributed by atoms with Crippen LogP contribution < -0.4 is 5.32 Å². The van der Waals surface area contributed by atoms with Gasteiger partial charge in [-0.15, -0.1) is 0 Å². The molecule has 1 N–H and O–H groups in total. The zero-order valence-electron chi connectivity index (χ0n) is 9.46. The van der Waals surface area contributed by atoms with Gasteiger partial charge in [0.25, 0.3) is 0 Å². The van der Waals surface area contributed by atoms with Crippen molar-refractivity contribution in [2.75, 3.05) is 12.0 Å². The van der Waals surface area contributed by atoms with E-state index >= 15 is 0 Å². The van der Waals surface area contributed by atoms with Crippen molar-refractivity contribution in [3.63, 3.8) is 0 Å². The Morgan fingerprint density at radius 3 is 2.94 bits per heavy atom. The summed E-state index contributed by atoms with van der Waals surface area (Å²) in [4.78, 5) is 0. The topological polar surface area (TPSA) is 35.8 Å². The standard InChI is InChI=1S/C12H15FN2S/c1-9(8-16-2)15-7-11-5-3-4-10(6-14)12(11)13/h3-5,9,15H,7-8H2,1-2H3. The quantitative estimate of drug-likeness (QED) is 0.856. The Bertz CT molecular complexity index is 387. The van der Waals surface area contributed by atoms with Crippen molar-refractivity contribution in [2.24, 2.45) is 0 Å². The van der Waals surface area contributed by atoms with Gasteiger partial charge in [0, 0.05) is 23.9 Å². The Morgan fingerprint density at radius 1 is 1.56 bits per heavy atom. The summed E-state index contributed by atoms with van der Waals surface area (Å²) in [6.45, 7) is 2.52. The smallest absolute Gasteiger partial charge is 0.145 e. The molecule has 1 aromatic rings. The third-order valence-corrected chi connectivity index (χ3v) is 3.09. The van der Waals surface area contributed by atoms with Crippen LogP contribution in [-0.4, -0.2) is 18.1 Å². The van der Waals surface area contributed by atoms with Gasteiger partial charge in [0.15, 0.2) is 0 Å². The van der Waals surface area contributed by atoms with E-state index in [1.807, 2.05) is 12.3 Å². The molecule has 86 valence electrons. The Hall–Kier alpha value is -1.05. The van der Waals surface area contributed by atoms with Crippen molar-refractivity contribution in [3.05, 3.63) is 35.1 Å².